The molecule has 1 N–H and O–H groups in total. The van der Waals surface area contributed by atoms with Gasteiger partial charge in [-0.05, 0) is 43.4 Å². The van der Waals surface area contributed by atoms with E-state index in [9.17, 15) is 4.79 Å². The third-order valence-electron chi connectivity index (χ3n) is 6.98. The Hall–Kier alpha value is -0.545. The van der Waals surface area contributed by atoms with Crippen molar-refractivity contribution in [1.82, 2.24) is 5.32 Å². The van der Waals surface area contributed by atoms with Gasteiger partial charge in [-0.2, -0.15) is 0 Å². The summed E-state index contributed by atoms with van der Waals surface area (Å²) in [6, 6.07) is 0. The summed E-state index contributed by atoms with van der Waals surface area (Å²) < 4.78 is 12.5. The number of rotatable bonds is 3. The molecule has 4 aliphatic carbocycles. The van der Waals surface area contributed by atoms with Gasteiger partial charge in [-0.3, -0.25) is 4.79 Å². The average Bonchev–Trinajstić information content (AvgIpc) is 3.12. The maximum atomic E-state index is 10.5. The van der Waals surface area contributed by atoms with Crippen molar-refractivity contribution in [3.8, 4) is 0 Å². The highest BCUT2D eigenvalue weighted by molar-refractivity contribution is 6.47. The fourth-order valence-electron chi connectivity index (χ4n) is 6.45. The first kappa shape index (κ1) is 10.3. The zero-order valence-electron chi connectivity index (χ0n) is 11.0. The lowest BCUT2D eigenvalue weighted by Crippen LogP contribution is -2.47. The fraction of sp³-hybridized carbons (Fsp3) is 0.923. The van der Waals surface area contributed by atoms with Crippen molar-refractivity contribution in [2.45, 2.75) is 44.8 Å². The Balaban J connectivity index is 1.47. The Morgan fingerprint density at radius 3 is 2.94 bits per heavy atom. The van der Waals surface area contributed by atoms with Crippen LogP contribution in [0.3, 0.4) is 0 Å². The zero-order chi connectivity index (χ0) is 12.5. The number of carbonyl (C=O) groups is 1. The minimum Gasteiger partial charge on any atom is -0.403 e. The van der Waals surface area contributed by atoms with Crippen LogP contribution in [0.2, 0.25) is 0 Å². The number of carbonyl (C=O) groups excluding carboxylic acids is 1. The lowest BCUT2D eigenvalue weighted by atomic mass is 9.62. The van der Waals surface area contributed by atoms with Gasteiger partial charge in [0, 0.05) is 5.41 Å². The van der Waals surface area contributed by atoms with E-state index in [1.807, 2.05) is 6.92 Å². The van der Waals surface area contributed by atoms with E-state index < -0.39 is 0 Å². The molecule has 5 aliphatic rings. The molecule has 0 bridgehead atoms. The third-order valence-corrected chi connectivity index (χ3v) is 6.98. The van der Waals surface area contributed by atoms with Gasteiger partial charge in [0.25, 0.3) is 0 Å². The van der Waals surface area contributed by atoms with Crippen LogP contribution in [-0.4, -0.2) is 31.2 Å². The summed E-state index contributed by atoms with van der Waals surface area (Å²) in [5.41, 5.74) is 0.853. The van der Waals surface area contributed by atoms with Crippen LogP contribution in [0.1, 0.15) is 27.2 Å². The van der Waals surface area contributed by atoms with Gasteiger partial charge < -0.3 is 14.6 Å². The normalized spacial score (nSPS) is 66.5. The van der Waals surface area contributed by atoms with Gasteiger partial charge in [0.1, 0.15) is 0 Å². The van der Waals surface area contributed by atoms with Crippen LogP contribution < -0.4 is 5.32 Å². The van der Waals surface area contributed by atoms with Gasteiger partial charge in [0.05, 0.1) is 17.6 Å². The molecule has 4 saturated carbocycles. The highest BCUT2D eigenvalue weighted by atomic mass is 16.7. The number of nitrogens with one attached hydrogen (secondary N) is 1. The smallest absolute Gasteiger partial charge is 0.403 e. The summed E-state index contributed by atoms with van der Waals surface area (Å²) in [6.45, 7) is 6.57. The third kappa shape index (κ3) is 0.669. The van der Waals surface area contributed by atoms with E-state index >= 15 is 0 Å². The quantitative estimate of drug-likeness (QED) is 0.587. The molecular weight excluding hydrogens is 229 g/mol. The second kappa shape index (κ2) is 2.40. The highest BCUT2D eigenvalue weighted by Gasteiger charge is 3.06. The van der Waals surface area contributed by atoms with E-state index in [1.165, 1.54) is 6.42 Å². The maximum Gasteiger partial charge on any atom is 0.481 e. The predicted octanol–water partition coefficient (Wildman–Crippen LogP) is 0.608. The minimum atomic E-state index is -0.279. The second-order valence-electron chi connectivity index (χ2n) is 7.42. The molecule has 0 aromatic rings. The van der Waals surface area contributed by atoms with Crippen LogP contribution >= 0.6 is 0 Å². The van der Waals surface area contributed by atoms with Crippen LogP contribution in [0.25, 0.3) is 0 Å². The Bertz CT molecular complexity index is 487. The molecule has 96 valence electrons. The Morgan fingerprint density at radius 2 is 2.28 bits per heavy atom. The summed E-state index contributed by atoms with van der Waals surface area (Å²) in [5, 5.41) is 2.75. The summed E-state index contributed by atoms with van der Waals surface area (Å²) in [4.78, 5) is 10.5. The van der Waals surface area contributed by atoms with Gasteiger partial charge >= 0.3 is 7.12 Å². The first-order valence-corrected chi connectivity index (χ1v) is 7.05. The van der Waals surface area contributed by atoms with E-state index in [2.05, 4.69) is 19.2 Å². The molecule has 4 nitrogen and oxygen atoms in total. The molecule has 5 heteroatoms. The monoisotopic (exact) mass is 247 g/mol. The van der Waals surface area contributed by atoms with Crippen molar-refractivity contribution < 1.29 is 14.1 Å². The Labute approximate surface area is 107 Å². The second-order valence-corrected chi connectivity index (χ2v) is 7.42. The highest BCUT2D eigenvalue weighted by Crippen LogP contribution is 3.06. The first-order valence-electron chi connectivity index (χ1n) is 7.05. The summed E-state index contributed by atoms with van der Waals surface area (Å²) in [6.07, 6.45) is 2.27. The number of fused-ring (bicyclic) bond motifs is 5. The predicted molar refractivity (Wildman–Crippen MR) is 64.4 cm³/mol. The largest absolute Gasteiger partial charge is 0.481 e. The van der Waals surface area contributed by atoms with Crippen LogP contribution in [0, 0.1) is 28.6 Å². The molecule has 0 radical (unpaired) electrons. The molecule has 8 atom stereocenters. The molecular formula is C13H18BNO3. The molecule has 18 heavy (non-hydrogen) atoms. The fourth-order valence-corrected chi connectivity index (χ4v) is 6.45. The zero-order valence-corrected chi connectivity index (χ0v) is 11.0. The molecule has 6 unspecified atom stereocenters. The van der Waals surface area contributed by atoms with Crippen molar-refractivity contribution in [2.75, 3.05) is 0 Å². The molecule has 5 rings (SSSR count). The molecule has 1 heterocycles. The van der Waals surface area contributed by atoms with E-state index in [0.29, 0.717) is 10.8 Å². The maximum absolute atomic E-state index is 10.5. The Morgan fingerprint density at radius 1 is 1.50 bits per heavy atom. The van der Waals surface area contributed by atoms with Crippen LogP contribution in [0.15, 0.2) is 0 Å². The Kier molecular flexibility index (Phi) is 1.37. The lowest BCUT2D eigenvalue weighted by molar-refractivity contribution is -0.109. The molecule has 1 spiro atoms. The molecule has 0 aromatic carbocycles. The summed E-state index contributed by atoms with van der Waals surface area (Å²) in [5.74, 6) is 2.58. The van der Waals surface area contributed by atoms with Crippen LogP contribution in [0.5, 0.6) is 0 Å². The van der Waals surface area contributed by atoms with Gasteiger partial charge in [0.2, 0.25) is 6.41 Å². The summed E-state index contributed by atoms with van der Waals surface area (Å²) >= 11 is 0. The van der Waals surface area contributed by atoms with Gasteiger partial charge in [-0.25, -0.2) is 0 Å². The van der Waals surface area contributed by atoms with Crippen molar-refractivity contribution in [3.05, 3.63) is 0 Å². The van der Waals surface area contributed by atoms with E-state index in [0.717, 1.165) is 24.2 Å². The van der Waals surface area contributed by atoms with Crippen molar-refractivity contribution in [3.63, 3.8) is 0 Å². The topological polar surface area (TPSA) is 47.6 Å². The summed E-state index contributed by atoms with van der Waals surface area (Å²) in [7, 11) is -0.279. The number of hydrogen-bond acceptors (Lipinski definition) is 3. The number of hydrogen-bond donors (Lipinski definition) is 1. The minimum absolute atomic E-state index is 0.0737. The molecule has 5 fully saturated rings. The standard InChI is InChI=1S/C13H18BNO3/c1-6(15-5-16)14-17-10-11(2)4-7-8-9(13(7,8)11)12(10,3)18-14/h5-10H,4H2,1-3H3,(H,15,16)/t6?,7?,8?,9?,10?,11?,12-,13+/m0/s1. The van der Waals surface area contributed by atoms with E-state index in [4.69, 9.17) is 9.31 Å². The van der Waals surface area contributed by atoms with Crippen LogP contribution in [0.4, 0.5) is 0 Å². The van der Waals surface area contributed by atoms with Gasteiger partial charge in [-0.15, -0.1) is 0 Å². The molecule has 1 saturated heterocycles. The van der Waals surface area contributed by atoms with Crippen molar-refractivity contribution in [2.24, 2.45) is 28.6 Å². The SMILES string of the molecule is CC(NC=O)B1OC2C3(C)CC4C5C([C@]2(C)O1)[C@@]453. The number of amides is 1. The molecule has 0 aromatic heterocycles. The van der Waals surface area contributed by atoms with E-state index in [1.54, 1.807) is 0 Å². The molecule has 1 aliphatic heterocycles. The average molecular weight is 247 g/mol. The van der Waals surface area contributed by atoms with E-state index in [-0.39, 0.29) is 24.8 Å². The molecule has 1 amide bonds. The van der Waals surface area contributed by atoms with Crippen molar-refractivity contribution >= 4 is 13.5 Å². The van der Waals surface area contributed by atoms with Gasteiger partial charge in [0.15, 0.2) is 0 Å². The first-order chi connectivity index (χ1) is 8.51. The van der Waals surface area contributed by atoms with Crippen LogP contribution in [-0.2, 0) is 14.1 Å². The van der Waals surface area contributed by atoms with Gasteiger partial charge in [-0.1, -0.05) is 6.92 Å². The van der Waals surface area contributed by atoms with Crippen molar-refractivity contribution in [1.29, 1.82) is 0 Å². The lowest BCUT2D eigenvalue weighted by Gasteiger charge is -2.44.